The predicted molar refractivity (Wildman–Crippen MR) is 173 cm³/mol. The molecule has 215 valence electrons. The maximum absolute atomic E-state index is 13.2. The van der Waals surface area contributed by atoms with Crippen molar-refractivity contribution < 1.29 is 13.9 Å². The van der Waals surface area contributed by atoms with Crippen molar-refractivity contribution in [3.8, 4) is 11.8 Å². The van der Waals surface area contributed by atoms with Crippen LogP contribution in [0.15, 0.2) is 53.9 Å². The highest BCUT2D eigenvalue weighted by atomic mass is 16.2. The fourth-order valence-corrected chi connectivity index (χ4v) is 5.20. The summed E-state index contributed by atoms with van der Waals surface area (Å²) < 4.78 is 0. The largest absolute Gasteiger partial charge is 0.324 e. The number of pyridine rings is 2. The highest BCUT2D eigenvalue weighted by Gasteiger charge is 2.24. The van der Waals surface area contributed by atoms with Crippen molar-refractivity contribution in [1.29, 1.82) is 0 Å². The van der Waals surface area contributed by atoms with Crippen LogP contribution >= 0.6 is 0 Å². The van der Waals surface area contributed by atoms with Gasteiger partial charge in [-0.1, -0.05) is 49.3 Å². The van der Waals surface area contributed by atoms with Gasteiger partial charge < -0.3 is 10.6 Å². The number of aryl methyl sites for hydroxylation is 2. The summed E-state index contributed by atoms with van der Waals surface area (Å²) in [4.78, 5) is 34.6. The minimum Gasteiger partial charge on any atom is -0.324 e. The van der Waals surface area contributed by atoms with Crippen LogP contribution in [0.2, 0.25) is 0 Å². The van der Waals surface area contributed by atoms with Crippen LogP contribution in [-0.4, -0.2) is 21.8 Å². The number of unbranched alkanes of at least 4 members (excludes halogenated alkanes) is 4. The lowest BCUT2D eigenvalue weighted by molar-refractivity contribution is -0.115. The molecule has 6 nitrogen and oxygen atoms in total. The number of allylic oxidation sites excluding steroid dienone is 4. The second kappa shape index (κ2) is 13.0. The molecular weight excluding hydrogens is 508 g/mol. The van der Waals surface area contributed by atoms with Crippen molar-refractivity contribution >= 4 is 39.7 Å². The maximum Gasteiger partial charge on any atom is 0.257 e. The number of rotatable bonds is 9. The Morgan fingerprint density at radius 1 is 0.951 bits per heavy atom. The Balaban J connectivity index is 0.00000225. The van der Waals surface area contributed by atoms with E-state index in [1.54, 1.807) is 18.5 Å². The van der Waals surface area contributed by atoms with E-state index in [0.29, 0.717) is 22.6 Å². The third kappa shape index (κ3) is 7.29. The molecule has 2 aliphatic carbocycles. The van der Waals surface area contributed by atoms with E-state index >= 15 is 0 Å². The minimum absolute atomic E-state index is 0. The number of amides is 2. The van der Waals surface area contributed by atoms with E-state index in [2.05, 4.69) is 70.9 Å². The second-order valence-electron chi connectivity index (χ2n) is 10.9. The van der Waals surface area contributed by atoms with Gasteiger partial charge in [0.15, 0.2) is 0 Å². The molecule has 0 spiro atoms. The Morgan fingerprint density at radius 3 is 2.68 bits per heavy atom. The molecule has 0 aliphatic heterocycles. The predicted octanol–water partition coefficient (Wildman–Crippen LogP) is 8.62. The summed E-state index contributed by atoms with van der Waals surface area (Å²) in [6, 6.07) is 7.88. The van der Waals surface area contributed by atoms with Gasteiger partial charge in [-0.15, -0.1) is 5.92 Å². The first kappa shape index (κ1) is 28.3. The number of aromatic nitrogens is 2. The summed E-state index contributed by atoms with van der Waals surface area (Å²) in [7, 11) is 0. The van der Waals surface area contributed by atoms with E-state index in [0.717, 1.165) is 43.0 Å². The average Bonchev–Trinajstić information content (AvgIpc) is 3.74. The lowest BCUT2D eigenvalue weighted by atomic mass is 9.93. The van der Waals surface area contributed by atoms with Gasteiger partial charge in [0.25, 0.3) is 5.91 Å². The highest BCUT2D eigenvalue weighted by Crippen LogP contribution is 2.42. The summed E-state index contributed by atoms with van der Waals surface area (Å²) in [5.41, 5.74) is 9.80. The van der Waals surface area contributed by atoms with Crippen molar-refractivity contribution in [2.45, 2.75) is 78.6 Å². The van der Waals surface area contributed by atoms with E-state index in [9.17, 15) is 9.59 Å². The molecule has 2 aliphatic rings. The molecule has 0 atom stereocenters. The van der Waals surface area contributed by atoms with Gasteiger partial charge in [0.05, 0.1) is 40.8 Å². The van der Waals surface area contributed by atoms with Gasteiger partial charge in [-0.05, 0) is 80.5 Å². The van der Waals surface area contributed by atoms with Crippen LogP contribution in [0, 0.1) is 32.1 Å². The normalized spacial score (nSPS) is 14.0. The van der Waals surface area contributed by atoms with E-state index in [4.69, 9.17) is 0 Å². The van der Waals surface area contributed by atoms with Gasteiger partial charge in [-0.3, -0.25) is 19.6 Å². The molecule has 5 rings (SSSR count). The molecular formula is C35H43N4O2. The first-order valence-corrected chi connectivity index (χ1v) is 14.6. The molecule has 0 fully saturated rings. The number of carbonyl (C=O) groups is 2. The van der Waals surface area contributed by atoms with Gasteiger partial charge in [-0.25, -0.2) is 0 Å². The molecule has 6 heteroatoms. The number of nitrogens with one attached hydrogen (secondary N) is 2. The lowest BCUT2D eigenvalue weighted by Crippen LogP contribution is -2.15. The number of hydrogen-bond acceptors (Lipinski definition) is 4. The van der Waals surface area contributed by atoms with Crippen molar-refractivity contribution in [3.05, 3.63) is 82.7 Å². The van der Waals surface area contributed by atoms with Gasteiger partial charge in [0.2, 0.25) is 5.91 Å². The Hall–Kier alpha value is -4.24. The van der Waals surface area contributed by atoms with Crippen LogP contribution in [0.1, 0.15) is 96.2 Å². The smallest absolute Gasteiger partial charge is 0.257 e. The molecule has 41 heavy (non-hydrogen) atoms. The zero-order valence-electron chi connectivity index (χ0n) is 24.2. The molecule has 3 aromatic rings. The maximum atomic E-state index is 13.2. The zero-order valence-corrected chi connectivity index (χ0v) is 24.2. The Kier molecular flexibility index (Phi) is 8.94. The number of carbonyl (C=O) groups excluding carboxylic acids is 2. The second-order valence-corrected chi connectivity index (χ2v) is 10.9. The number of fused-ring (bicyclic) bond motifs is 1. The quantitative estimate of drug-likeness (QED) is 0.206. The van der Waals surface area contributed by atoms with Crippen molar-refractivity contribution in [1.82, 2.24) is 9.97 Å². The molecule has 0 bridgehead atoms. The monoisotopic (exact) mass is 551 g/mol. The summed E-state index contributed by atoms with van der Waals surface area (Å²) in [6.45, 7) is 6.12. The summed E-state index contributed by atoms with van der Waals surface area (Å²) in [6.07, 6.45) is 16.5. The number of hydrogen-bond donors (Lipinski definition) is 2. The Bertz CT molecular complexity index is 1640. The van der Waals surface area contributed by atoms with Crippen LogP contribution in [-0.2, 0) is 4.79 Å². The molecule has 2 aromatic heterocycles. The van der Waals surface area contributed by atoms with Gasteiger partial charge >= 0.3 is 0 Å². The third-order valence-corrected chi connectivity index (χ3v) is 7.69. The van der Waals surface area contributed by atoms with Crippen LogP contribution < -0.4 is 10.6 Å². The molecule has 1 aromatic carbocycles. The van der Waals surface area contributed by atoms with E-state index in [-0.39, 0.29) is 22.5 Å². The number of anilines is 2. The molecule has 0 saturated carbocycles. The van der Waals surface area contributed by atoms with Crippen LogP contribution in [0.5, 0.6) is 0 Å². The van der Waals surface area contributed by atoms with Crippen LogP contribution in [0.25, 0.3) is 16.5 Å². The van der Waals surface area contributed by atoms with Crippen molar-refractivity contribution in [3.63, 3.8) is 0 Å². The molecule has 1 radical (unpaired) electrons. The standard InChI is InChI=1S/C35H37N4O2.3H2/c1-4-5-6-7-8-9-10-11-34(40)38-30-20-32(24(3)36-22-30)39-35(41)29-18-28-19-31(23(2)16-33(28)37-21-29)25-12-14-26-17-27(26)15-13-25;;;/h12,16-22H,4-8,11,13-15H2,1-3H3,(H,38,40)(H,39,41);3*1H. The van der Waals surface area contributed by atoms with E-state index < -0.39 is 0 Å². The van der Waals surface area contributed by atoms with Gasteiger partial charge in [0, 0.05) is 28.7 Å². The number of benzene rings is 1. The average molecular weight is 552 g/mol. The van der Waals surface area contributed by atoms with Crippen LogP contribution in [0.4, 0.5) is 11.4 Å². The SMILES string of the molecule is CCCCCCC#CCC(=O)Nc1cnc(C)c(NC(=O)c2cnc3cc(C)c(C4=CCC5=C([CH]5)CC4)cc3c2)c1.[HH].[HH].[HH]. The highest BCUT2D eigenvalue weighted by molar-refractivity contribution is 6.06. The Labute approximate surface area is 247 Å². The summed E-state index contributed by atoms with van der Waals surface area (Å²) in [5, 5.41) is 6.71. The first-order valence-electron chi connectivity index (χ1n) is 14.6. The van der Waals surface area contributed by atoms with Gasteiger partial charge in [-0.2, -0.15) is 0 Å². The van der Waals surface area contributed by atoms with Gasteiger partial charge in [0.1, 0.15) is 0 Å². The lowest BCUT2D eigenvalue weighted by Gasteiger charge is -2.13. The third-order valence-electron chi connectivity index (χ3n) is 7.69. The first-order chi connectivity index (χ1) is 19.9. The summed E-state index contributed by atoms with van der Waals surface area (Å²) in [5.74, 6) is 5.54. The molecule has 0 unspecified atom stereocenters. The van der Waals surface area contributed by atoms with E-state index in [1.165, 1.54) is 47.1 Å². The summed E-state index contributed by atoms with van der Waals surface area (Å²) >= 11 is 0. The topological polar surface area (TPSA) is 84.0 Å². The molecule has 2 N–H and O–H groups in total. The van der Waals surface area contributed by atoms with Crippen molar-refractivity contribution in [2.24, 2.45) is 0 Å². The number of nitrogens with zero attached hydrogens (tertiary/aromatic N) is 2. The molecule has 0 saturated heterocycles. The fourth-order valence-electron chi connectivity index (χ4n) is 5.20. The molecule has 2 amide bonds. The Morgan fingerprint density at radius 2 is 1.83 bits per heavy atom. The minimum atomic E-state index is -0.277. The van der Waals surface area contributed by atoms with E-state index in [1.807, 2.05) is 13.0 Å². The molecule has 2 heterocycles. The zero-order chi connectivity index (χ0) is 28.8. The van der Waals surface area contributed by atoms with Crippen molar-refractivity contribution in [2.75, 3.05) is 10.6 Å². The van der Waals surface area contributed by atoms with Crippen LogP contribution in [0.3, 0.4) is 0 Å². The fraction of sp³-hybridized carbons (Fsp3) is 0.343.